The number of nitro benzene ring substituents is 1. The number of anilines is 2. The highest BCUT2D eigenvalue weighted by atomic mass is 79.9. The minimum atomic E-state index is -0.416. The second-order valence-corrected chi connectivity index (χ2v) is 5.95. The molecule has 0 saturated carbocycles. The van der Waals surface area contributed by atoms with Gasteiger partial charge in [0.2, 0.25) is 0 Å². The summed E-state index contributed by atoms with van der Waals surface area (Å²) in [6.45, 7) is 3.76. The summed E-state index contributed by atoms with van der Waals surface area (Å²) in [6, 6.07) is 12.0. The zero-order valence-corrected chi connectivity index (χ0v) is 14.9. The summed E-state index contributed by atoms with van der Waals surface area (Å²) in [5, 5.41) is 14.2. The Morgan fingerprint density at radius 2 is 2.00 bits per heavy atom. The summed E-state index contributed by atoms with van der Waals surface area (Å²) < 4.78 is 11.7. The van der Waals surface area contributed by atoms with Crippen LogP contribution in [0.2, 0.25) is 0 Å². The Labute approximate surface area is 149 Å². The van der Waals surface area contributed by atoms with Crippen LogP contribution < -0.4 is 10.1 Å². The van der Waals surface area contributed by atoms with E-state index in [1.807, 2.05) is 18.2 Å². The second-order valence-electron chi connectivity index (χ2n) is 5.03. The van der Waals surface area contributed by atoms with Crippen LogP contribution >= 0.6 is 15.9 Å². The van der Waals surface area contributed by atoms with Crippen molar-refractivity contribution in [1.29, 1.82) is 0 Å². The summed E-state index contributed by atoms with van der Waals surface area (Å²) in [5.41, 5.74) is 1.14. The van der Waals surface area contributed by atoms with E-state index in [0.717, 1.165) is 17.5 Å². The summed E-state index contributed by atoms with van der Waals surface area (Å²) in [5.74, 6) is 0.678. The Hall–Kier alpha value is -2.12. The van der Waals surface area contributed by atoms with E-state index in [-0.39, 0.29) is 5.69 Å². The average Bonchev–Trinajstić information content (AvgIpc) is 2.55. The third kappa shape index (κ3) is 5.50. The Morgan fingerprint density at radius 3 is 2.75 bits per heavy atom. The van der Waals surface area contributed by atoms with E-state index in [9.17, 15) is 10.1 Å². The van der Waals surface area contributed by atoms with Gasteiger partial charge in [-0.15, -0.1) is 0 Å². The van der Waals surface area contributed by atoms with E-state index in [0.29, 0.717) is 30.3 Å². The van der Waals surface area contributed by atoms with Gasteiger partial charge in [0.25, 0.3) is 5.69 Å². The molecule has 2 aromatic carbocycles. The summed E-state index contributed by atoms with van der Waals surface area (Å²) in [6.07, 6.45) is 0.977. The molecule has 0 spiro atoms. The smallest absolute Gasteiger partial charge is 0.292 e. The molecule has 0 radical (unpaired) electrons. The van der Waals surface area contributed by atoms with Gasteiger partial charge in [-0.25, -0.2) is 0 Å². The number of nitrogens with one attached hydrogen (secondary N) is 1. The number of hydrogen-bond donors (Lipinski definition) is 1. The standard InChI is InChI=1S/C17H19BrN2O4/c1-2-8-23-9-10-24-15-5-3-4-14(12-15)19-16-11-13(18)6-7-17(16)20(21)22/h3-7,11-12,19H,2,8-10H2,1H3. The second kappa shape index (κ2) is 9.24. The lowest BCUT2D eigenvalue weighted by Crippen LogP contribution is -2.07. The molecule has 2 aromatic rings. The predicted octanol–water partition coefficient (Wildman–Crippen LogP) is 4.91. The van der Waals surface area contributed by atoms with Crippen LogP contribution in [0, 0.1) is 10.1 Å². The quantitative estimate of drug-likeness (QED) is 0.371. The molecule has 0 saturated heterocycles. The van der Waals surface area contributed by atoms with Crippen molar-refractivity contribution in [3.8, 4) is 5.75 Å². The lowest BCUT2D eigenvalue weighted by Gasteiger charge is -2.10. The van der Waals surface area contributed by atoms with Gasteiger partial charge in [0.1, 0.15) is 18.0 Å². The number of ether oxygens (including phenoxy) is 2. The number of nitro groups is 1. The average molecular weight is 395 g/mol. The van der Waals surface area contributed by atoms with Gasteiger partial charge < -0.3 is 14.8 Å². The van der Waals surface area contributed by atoms with Gasteiger partial charge in [-0.3, -0.25) is 10.1 Å². The van der Waals surface area contributed by atoms with E-state index in [1.165, 1.54) is 6.07 Å². The van der Waals surface area contributed by atoms with E-state index >= 15 is 0 Å². The molecule has 0 heterocycles. The van der Waals surface area contributed by atoms with Crippen LogP contribution in [0.25, 0.3) is 0 Å². The fraction of sp³-hybridized carbons (Fsp3) is 0.294. The van der Waals surface area contributed by atoms with Gasteiger partial charge >= 0.3 is 0 Å². The van der Waals surface area contributed by atoms with Crippen molar-refractivity contribution in [3.63, 3.8) is 0 Å². The molecule has 0 aliphatic heterocycles. The maximum atomic E-state index is 11.1. The number of nitrogens with zero attached hydrogens (tertiary/aromatic N) is 1. The molecular weight excluding hydrogens is 376 g/mol. The molecule has 24 heavy (non-hydrogen) atoms. The lowest BCUT2D eigenvalue weighted by molar-refractivity contribution is -0.383. The summed E-state index contributed by atoms with van der Waals surface area (Å²) >= 11 is 3.33. The van der Waals surface area contributed by atoms with Crippen molar-refractivity contribution in [3.05, 3.63) is 57.1 Å². The van der Waals surface area contributed by atoms with Gasteiger partial charge in [0, 0.05) is 28.9 Å². The molecule has 0 fully saturated rings. The Morgan fingerprint density at radius 1 is 1.17 bits per heavy atom. The third-order valence-electron chi connectivity index (χ3n) is 3.11. The van der Waals surface area contributed by atoms with Gasteiger partial charge in [0.15, 0.2) is 0 Å². The monoisotopic (exact) mass is 394 g/mol. The van der Waals surface area contributed by atoms with E-state index < -0.39 is 4.92 Å². The molecule has 0 aromatic heterocycles. The largest absolute Gasteiger partial charge is 0.491 e. The minimum Gasteiger partial charge on any atom is -0.491 e. The van der Waals surface area contributed by atoms with Crippen molar-refractivity contribution in [2.45, 2.75) is 13.3 Å². The maximum Gasteiger partial charge on any atom is 0.292 e. The Balaban J connectivity index is 2.04. The van der Waals surface area contributed by atoms with Crippen LogP contribution in [0.4, 0.5) is 17.1 Å². The zero-order valence-electron chi connectivity index (χ0n) is 13.3. The first kappa shape index (κ1) is 18.2. The number of rotatable bonds is 9. The van der Waals surface area contributed by atoms with Crippen LogP contribution in [0.5, 0.6) is 5.75 Å². The molecular formula is C17H19BrN2O4. The molecule has 7 heteroatoms. The first-order valence-corrected chi connectivity index (χ1v) is 8.41. The molecule has 1 N–H and O–H groups in total. The molecule has 0 aliphatic rings. The van der Waals surface area contributed by atoms with Crippen LogP contribution in [0.1, 0.15) is 13.3 Å². The van der Waals surface area contributed by atoms with Crippen LogP contribution in [0.3, 0.4) is 0 Å². The molecule has 0 amide bonds. The number of halogens is 1. The highest BCUT2D eigenvalue weighted by molar-refractivity contribution is 9.10. The SMILES string of the molecule is CCCOCCOc1cccc(Nc2cc(Br)ccc2[N+](=O)[O-])c1. The zero-order chi connectivity index (χ0) is 17.4. The Kier molecular flexibility index (Phi) is 7.02. The molecule has 0 aliphatic carbocycles. The lowest BCUT2D eigenvalue weighted by atomic mass is 10.2. The van der Waals surface area contributed by atoms with Gasteiger partial charge in [-0.2, -0.15) is 0 Å². The minimum absolute atomic E-state index is 0.0116. The van der Waals surface area contributed by atoms with Crippen LogP contribution in [0.15, 0.2) is 46.9 Å². The van der Waals surface area contributed by atoms with Crippen LogP contribution in [-0.2, 0) is 4.74 Å². The van der Waals surface area contributed by atoms with E-state index in [2.05, 4.69) is 28.2 Å². The fourth-order valence-electron chi connectivity index (χ4n) is 2.05. The molecule has 0 atom stereocenters. The van der Waals surface area contributed by atoms with Crippen LogP contribution in [-0.4, -0.2) is 24.7 Å². The van der Waals surface area contributed by atoms with E-state index in [1.54, 1.807) is 18.2 Å². The van der Waals surface area contributed by atoms with Gasteiger partial charge in [-0.1, -0.05) is 28.9 Å². The predicted molar refractivity (Wildman–Crippen MR) is 97.1 cm³/mol. The topological polar surface area (TPSA) is 73.6 Å². The van der Waals surface area contributed by atoms with Gasteiger partial charge in [-0.05, 0) is 30.7 Å². The molecule has 6 nitrogen and oxygen atoms in total. The normalized spacial score (nSPS) is 10.4. The third-order valence-corrected chi connectivity index (χ3v) is 3.61. The van der Waals surface area contributed by atoms with Gasteiger partial charge in [0.05, 0.1) is 11.5 Å². The fourth-order valence-corrected chi connectivity index (χ4v) is 2.41. The highest BCUT2D eigenvalue weighted by Gasteiger charge is 2.14. The van der Waals surface area contributed by atoms with Crippen molar-refractivity contribution in [2.75, 3.05) is 25.1 Å². The molecule has 0 unspecified atom stereocenters. The summed E-state index contributed by atoms with van der Waals surface area (Å²) in [4.78, 5) is 10.7. The van der Waals surface area contributed by atoms with Crippen molar-refractivity contribution in [2.24, 2.45) is 0 Å². The van der Waals surface area contributed by atoms with Crippen molar-refractivity contribution in [1.82, 2.24) is 0 Å². The maximum absolute atomic E-state index is 11.1. The van der Waals surface area contributed by atoms with Crippen molar-refractivity contribution < 1.29 is 14.4 Å². The number of benzene rings is 2. The first-order valence-electron chi connectivity index (χ1n) is 7.61. The summed E-state index contributed by atoms with van der Waals surface area (Å²) in [7, 11) is 0. The van der Waals surface area contributed by atoms with Crippen molar-refractivity contribution >= 4 is 33.0 Å². The molecule has 128 valence electrons. The van der Waals surface area contributed by atoms with E-state index in [4.69, 9.17) is 9.47 Å². The molecule has 2 rings (SSSR count). The Bertz CT molecular complexity index is 694. The molecule has 0 bridgehead atoms. The number of hydrogen-bond acceptors (Lipinski definition) is 5. The highest BCUT2D eigenvalue weighted by Crippen LogP contribution is 2.31. The first-order chi connectivity index (χ1) is 11.6.